The zero-order valence-electron chi connectivity index (χ0n) is 17.7. The molecule has 0 spiro atoms. The van der Waals surface area contributed by atoms with Crippen LogP contribution in [0.25, 0.3) is 11.1 Å². The third-order valence-electron chi connectivity index (χ3n) is 5.57. The standard InChI is InChI=1S/C25H22N2O6/c1-14(23(29)27-15-10-11-22(28)20(12-15)24(30)31)26-25(32)33-13-21-18-8-4-2-6-16(18)17-7-3-5-9-19(17)21/h2-12,14,21,28H,13H2,1H3,(H,26,32)(H,27,29)(H,30,31). The summed E-state index contributed by atoms with van der Waals surface area (Å²) < 4.78 is 5.44. The van der Waals surface area contributed by atoms with Crippen LogP contribution in [0.3, 0.4) is 0 Å². The average Bonchev–Trinajstić information content (AvgIpc) is 3.12. The van der Waals surface area contributed by atoms with Crippen LogP contribution in [0.5, 0.6) is 5.75 Å². The number of alkyl carbamates (subject to hydrolysis) is 1. The van der Waals surface area contributed by atoms with E-state index in [2.05, 4.69) is 10.6 Å². The van der Waals surface area contributed by atoms with Gasteiger partial charge in [0.2, 0.25) is 5.91 Å². The molecule has 3 aromatic rings. The fraction of sp³-hybridized carbons (Fsp3) is 0.160. The Labute approximate surface area is 189 Å². The van der Waals surface area contributed by atoms with Crippen molar-refractivity contribution in [1.29, 1.82) is 0 Å². The van der Waals surface area contributed by atoms with Gasteiger partial charge in [-0.2, -0.15) is 0 Å². The van der Waals surface area contributed by atoms with Crippen molar-refractivity contribution in [2.75, 3.05) is 11.9 Å². The highest BCUT2D eigenvalue weighted by Gasteiger charge is 2.29. The summed E-state index contributed by atoms with van der Waals surface area (Å²) in [7, 11) is 0. The molecular weight excluding hydrogens is 424 g/mol. The summed E-state index contributed by atoms with van der Waals surface area (Å²) in [6, 6.07) is 18.7. The summed E-state index contributed by atoms with van der Waals surface area (Å²) in [5.41, 5.74) is 4.23. The molecule has 0 saturated carbocycles. The average molecular weight is 446 g/mol. The fourth-order valence-electron chi connectivity index (χ4n) is 3.92. The number of amides is 2. The molecule has 0 radical (unpaired) electrons. The van der Waals surface area contributed by atoms with Crippen molar-refractivity contribution in [3.05, 3.63) is 83.4 Å². The number of hydrogen-bond donors (Lipinski definition) is 4. The second kappa shape index (κ2) is 9.04. The van der Waals surface area contributed by atoms with Crippen molar-refractivity contribution in [3.63, 3.8) is 0 Å². The number of hydrogen-bond acceptors (Lipinski definition) is 5. The topological polar surface area (TPSA) is 125 Å². The van der Waals surface area contributed by atoms with Gasteiger partial charge in [0.15, 0.2) is 0 Å². The highest BCUT2D eigenvalue weighted by molar-refractivity contribution is 5.98. The summed E-state index contributed by atoms with van der Waals surface area (Å²) in [5, 5.41) is 23.6. The molecule has 0 bridgehead atoms. The van der Waals surface area contributed by atoms with Gasteiger partial charge >= 0.3 is 12.1 Å². The molecule has 4 rings (SSSR count). The lowest BCUT2D eigenvalue weighted by Gasteiger charge is -2.17. The zero-order chi connectivity index (χ0) is 23.5. The van der Waals surface area contributed by atoms with Crippen LogP contribution in [0.2, 0.25) is 0 Å². The van der Waals surface area contributed by atoms with Gasteiger partial charge in [0.05, 0.1) is 0 Å². The smallest absolute Gasteiger partial charge is 0.407 e. The summed E-state index contributed by atoms with van der Waals surface area (Å²) in [6.07, 6.45) is -0.739. The molecule has 33 heavy (non-hydrogen) atoms. The fourth-order valence-corrected chi connectivity index (χ4v) is 3.92. The Hall–Kier alpha value is -4.33. The lowest BCUT2D eigenvalue weighted by Crippen LogP contribution is -2.42. The van der Waals surface area contributed by atoms with E-state index in [1.807, 2.05) is 48.5 Å². The quantitative estimate of drug-likeness (QED) is 0.425. The van der Waals surface area contributed by atoms with Gasteiger partial charge in [0.1, 0.15) is 24.0 Å². The Morgan fingerprint density at radius 3 is 2.18 bits per heavy atom. The van der Waals surface area contributed by atoms with Gasteiger partial charge in [0, 0.05) is 11.6 Å². The predicted molar refractivity (Wildman–Crippen MR) is 121 cm³/mol. The Morgan fingerprint density at radius 2 is 1.58 bits per heavy atom. The van der Waals surface area contributed by atoms with Crippen LogP contribution in [0, 0.1) is 0 Å². The second-order valence-electron chi connectivity index (χ2n) is 7.72. The van der Waals surface area contributed by atoms with E-state index < -0.39 is 29.8 Å². The van der Waals surface area contributed by atoms with Crippen LogP contribution < -0.4 is 10.6 Å². The SMILES string of the molecule is CC(NC(=O)OCC1c2ccccc2-c2ccccc21)C(=O)Nc1ccc(O)c(C(=O)O)c1. The Bertz CT molecular complexity index is 1190. The van der Waals surface area contributed by atoms with Crippen LogP contribution in [0.15, 0.2) is 66.7 Å². The number of aromatic hydroxyl groups is 1. The molecule has 1 unspecified atom stereocenters. The number of benzene rings is 3. The third kappa shape index (κ3) is 4.50. The molecule has 3 aromatic carbocycles. The Morgan fingerprint density at radius 1 is 0.970 bits per heavy atom. The first-order valence-corrected chi connectivity index (χ1v) is 10.3. The number of carbonyl (C=O) groups excluding carboxylic acids is 2. The molecule has 1 aliphatic rings. The second-order valence-corrected chi connectivity index (χ2v) is 7.72. The summed E-state index contributed by atoms with van der Waals surface area (Å²) in [4.78, 5) is 35.9. The molecule has 2 amide bonds. The van der Waals surface area contributed by atoms with E-state index in [0.29, 0.717) is 0 Å². The summed E-state index contributed by atoms with van der Waals surface area (Å²) in [6.45, 7) is 1.60. The molecule has 168 valence electrons. The normalized spacial score (nSPS) is 12.9. The van der Waals surface area contributed by atoms with E-state index in [4.69, 9.17) is 9.84 Å². The number of anilines is 1. The number of phenols is 1. The van der Waals surface area contributed by atoms with E-state index >= 15 is 0 Å². The number of nitrogens with one attached hydrogen (secondary N) is 2. The minimum atomic E-state index is -1.33. The molecule has 1 aliphatic carbocycles. The molecule has 1 atom stereocenters. The van der Waals surface area contributed by atoms with Crippen molar-refractivity contribution in [2.45, 2.75) is 18.9 Å². The molecule has 0 saturated heterocycles. The van der Waals surface area contributed by atoms with E-state index in [9.17, 15) is 19.5 Å². The Balaban J connectivity index is 1.36. The highest BCUT2D eigenvalue weighted by Crippen LogP contribution is 2.44. The summed E-state index contributed by atoms with van der Waals surface area (Å²) >= 11 is 0. The van der Waals surface area contributed by atoms with Crippen molar-refractivity contribution < 1.29 is 29.3 Å². The maximum Gasteiger partial charge on any atom is 0.407 e. The van der Waals surface area contributed by atoms with Crippen LogP contribution in [-0.2, 0) is 9.53 Å². The minimum absolute atomic E-state index is 0.0984. The monoisotopic (exact) mass is 446 g/mol. The molecule has 0 aromatic heterocycles. The first-order chi connectivity index (χ1) is 15.8. The molecule has 0 fully saturated rings. The first kappa shape index (κ1) is 21.9. The maximum atomic E-state index is 12.4. The van der Waals surface area contributed by atoms with Crippen molar-refractivity contribution in [3.8, 4) is 16.9 Å². The summed E-state index contributed by atoms with van der Waals surface area (Å²) in [5.74, 6) is -2.40. The molecular formula is C25H22N2O6. The number of ether oxygens (including phenoxy) is 1. The van der Waals surface area contributed by atoms with Gasteiger partial charge < -0.3 is 25.6 Å². The Kier molecular flexibility index (Phi) is 5.99. The number of carboxylic acids is 1. The zero-order valence-corrected chi connectivity index (χ0v) is 17.7. The van der Waals surface area contributed by atoms with Crippen LogP contribution in [0.1, 0.15) is 34.3 Å². The third-order valence-corrected chi connectivity index (χ3v) is 5.57. The number of carboxylic acid groups (broad SMARTS) is 1. The molecule has 0 heterocycles. The molecule has 8 nitrogen and oxygen atoms in total. The van der Waals surface area contributed by atoms with E-state index in [0.717, 1.165) is 28.3 Å². The van der Waals surface area contributed by atoms with E-state index in [1.54, 1.807) is 0 Å². The van der Waals surface area contributed by atoms with E-state index in [-0.39, 0.29) is 23.8 Å². The van der Waals surface area contributed by atoms with Crippen LogP contribution >= 0.6 is 0 Å². The lowest BCUT2D eigenvalue weighted by molar-refractivity contribution is -0.117. The van der Waals surface area contributed by atoms with Gasteiger partial charge in [-0.15, -0.1) is 0 Å². The lowest BCUT2D eigenvalue weighted by atomic mass is 9.98. The number of carbonyl (C=O) groups is 3. The van der Waals surface area contributed by atoms with Crippen molar-refractivity contribution in [1.82, 2.24) is 5.32 Å². The van der Waals surface area contributed by atoms with Gasteiger partial charge in [-0.25, -0.2) is 9.59 Å². The molecule has 8 heteroatoms. The number of aromatic carboxylic acids is 1. The van der Waals surface area contributed by atoms with Crippen molar-refractivity contribution >= 4 is 23.7 Å². The number of rotatable bonds is 6. The van der Waals surface area contributed by atoms with Gasteiger partial charge in [0.25, 0.3) is 0 Å². The highest BCUT2D eigenvalue weighted by atomic mass is 16.5. The minimum Gasteiger partial charge on any atom is -0.507 e. The first-order valence-electron chi connectivity index (χ1n) is 10.3. The van der Waals surface area contributed by atoms with Crippen LogP contribution in [0.4, 0.5) is 10.5 Å². The molecule has 4 N–H and O–H groups in total. The van der Waals surface area contributed by atoms with Gasteiger partial charge in [-0.05, 0) is 47.4 Å². The van der Waals surface area contributed by atoms with Gasteiger partial charge in [-0.3, -0.25) is 4.79 Å². The number of fused-ring (bicyclic) bond motifs is 3. The molecule has 0 aliphatic heterocycles. The maximum absolute atomic E-state index is 12.4. The largest absolute Gasteiger partial charge is 0.507 e. The van der Waals surface area contributed by atoms with Crippen LogP contribution in [-0.4, -0.2) is 40.8 Å². The van der Waals surface area contributed by atoms with Gasteiger partial charge in [-0.1, -0.05) is 48.5 Å². The predicted octanol–water partition coefficient (Wildman–Crippen LogP) is 3.96. The van der Waals surface area contributed by atoms with Crippen molar-refractivity contribution in [2.24, 2.45) is 0 Å². The van der Waals surface area contributed by atoms with E-state index in [1.165, 1.54) is 19.1 Å².